The minimum absolute atomic E-state index is 0.0333. The normalized spacial score (nSPS) is 15.0. The maximum absolute atomic E-state index is 12.8. The molecule has 1 aromatic heterocycles. The molecule has 0 atom stereocenters. The standard InChI is InChI=1S/C17H18F2N4O/c1-12-20-14(16(18)19)11-15(21-12)17(24)23-9-7-22(8-10-23)13-5-3-2-4-6-13/h2-6,11,16H,7-10H2,1H3. The summed E-state index contributed by atoms with van der Waals surface area (Å²) < 4.78 is 25.7. The van der Waals surface area contributed by atoms with Gasteiger partial charge in [-0.15, -0.1) is 0 Å². The number of rotatable bonds is 3. The van der Waals surface area contributed by atoms with Gasteiger partial charge in [-0.25, -0.2) is 18.7 Å². The van der Waals surface area contributed by atoms with E-state index in [0.29, 0.717) is 26.2 Å². The van der Waals surface area contributed by atoms with E-state index in [0.717, 1.165) is 11.8 Å². The smallest absolute Gasteiger partial charge is 0.280 e. The molecule has 1 aromatic carbocycles. The highest BCUT2D eigenvalue weighted by Gasteiger charge is 2.24. The zero-order chi connectivity index (χ0) is 17.1. The second-order valence-electron chi connectivity index (χ2n) is 5.64. The molecule has 0 N–H and O–H groups in total. The van der Waals surface area contributed by atoms with Crippen molar-refractivity contribution in [3.8, 4) is 0 Å². The minimum atomic E-state index is -2.71. The minimum Gasteiger partial charge on any atom is -0.368 e. The number of piperazine rings is 1. The molecule has 1 aliphatic rings. The first kappa shape index (κ1) is 16.3. The summed E-state index contributed by atoms with van der Waals surface area (Å²) in [4.78, 5) is 24.1. The first-order chi connectivity index (χ1) is 11.5. The molecular formula is C17H18F2N4O. The Balaban J connectivity index is 1.69. The molecule has 1 saturated heterocycles. The lowest BCUT2D eigenvalue weighted by Gasteiger charge is -2.36. The predicted molar refractivity (Wildman–Crippen MR) is 86.3 cm³/mol. The van der Waals surface area contributed by atoms with Crippen molar-refractivity contribution < 1.29 is 13.6 Å². The fraction of sp³-hybridized carbons (Fsp3) is 0.353. The summed E-state index contributed by atoms with van der Waals surface area (Å²) in [7, 11) is 0. The molecule has 1 aliphatic heterocycles. The third-order valence-electron chi connectivity index (χ3n) is 3.99. The van der Waals surface area contributed by atoms with E-state index in [1.54, 1.807) is 4.90 Å². The van der Waals surface area contributed by atoms with Crippen molar-refractivity contribution in [1.82, 2.24) is 14.9 Å². The lowest BCUT2D eigenvalue weighted by molar-refractivity contribution is 0.0739. The van der Waals surface area contributed by atoms with Crippen molar-refractivity contribution in [2.45, 2.75) is 13.3 Å². The number of para-hydroxylation sites is 1. The largest absolute Gasteiger partial charge is 0.368 e. The summed E-state index contributed by atoms with van der Waals surface area (Å²) in [5, 5.41) is 0. The Bertz CT molecular complexity index is 716. The fourth-order valence-corrected chi connectivity index (χ4v) is 2.78. The second-order valence-corrected chi connectivity index (χ2v) is 5.64. The van der Waals surface area contributed by atoms with Gasteiger partial charge >= 0.3 is 0 Å². The Labute approximate surface area is 138 Å². The van der Waals surface area contributed by atoms with Gasteiger partial charge in [0.1, 0.15) is 17.2 Å². The molecule has 0 unspecified atom stereocenters. The van der Waals surface area contributed by atoms with Crippen LogP contribution in [0.1, 0.15) is 28.4 Å². The van der Waals surface area contributed by atoms with Gasteiger partial charge in [-0.2, -0.15) is 0 Å². The number of carbonyl (C=O) groups is 1. The molecule has 126 valence electrons. The van der Waals surface area contributed by atoms with Crippen LogP contribution >= 0.6 is 0 Å². The molecule has 5 nitrogen and oxygen atoms in total. The zero-order valence-electron chi connectivity index (χ0n) is 13.3. The molecule has 24 heavy (non-hydrogen) atoms. The molecule has 2 aromatic rings. The Hall–Kier alpha value is -2.57. The van der Waals surface area contributed by atoms with Crippen LogP contribution < -0.4 is 4.90 Å². The number of carbonyl (C=O) groups excluding carboxylic acids is 1. The summed E-state index contributed by atoms with van der Waals surface area (Å²) in [5.41, 5.74) is 0.738. The number of aromatic nitrogens is 2. The number of anilines is 1. The number of alkyl halides is 2. The van der Waals surface area contributed by atoms with Gasteiger partial charge in [-0.05, 0) is 25.1 Å². The molecule has 1 amide bonds. The maximum Gasteiger partial charge on any atom is 0.280 e. The van der Waals surface area contributed by atoms with E-state index >= 15 is 0 Å². The third-order valence-corrected chi connectivity index (χ3v) is 3.99. The Morgan fingerprint density at radius 1 is 1.08 bits per heavy atom. The Morgan fingerprint density at radius 2 is 1.75 bits per heavy atom. The molecular weight excluding hydrogens is 314 g/mol. The molecule has 2 heterocycles. The van der Waals surface area contributed by atoms with Crippen LogP contribution in [-0.4, -0.2) is 47.0 Å². The molecule has 1 fully saturated rings. The summed E-state index contributed by atoms with van der Waals surface area (Å²) in [6.45, 7) is 3.96. The SMILES string of the molecule is Cc1nc(C(=O)N2CCN(c3ccccc3)CC2)cc(C(F)F)n1. The van der Waals surface area contributed by atoms with Gasteiger partial charge in [0.05, 0.1) is 0 Å². The Morgan fingerprint density at radius 3 is 2.38 bits per heavy atom. The van der Waals surface area contributed by atoms with E-state index in [4.69, 9.17) is 0 Å². The highest BCUT2D eigenvalue weighted by molar-refractivity contribution is 5.92. The van der Waals surface area contributed by atoms with Crippen molar-refractivity contribution in [2.75, 3.05) is 31.1 Å². The summed E-state index contributed by atoms with van der Waals surface area (Å²) in [5.74, 6) is -0.144. The monoisotopic (exact) mass is 332 g/mol. The van der Waals surface area contributed by atoms with Crippen molar-refractivity contribution in [3.05, 3.63) is 53.6 Å². The van der Waals surface area contributed by atoms with Crippen molar-refractivity contribution in [2.24, 2.45) is 0 Å². The first-order valence-corrected chi connectivity index (χ1v) is 7.77. The molecule has 0 spiro atoms. The van der Waals surface area contributed by atoms with Crippen LogP contribution in [0.15, 0.2) is 36.4 Å². The maximum atomic E-state index is 12.8. The van der Waals surface area contributed by atoms with Gasteiger partial charge in [0.25, 0.3) is 12.3 Å². The summed E-state index contributed by atoms with van der Waals surface area (Å²) in [6, 6.07) is 11.1. The second kappa shape index (κ2) is 6.90. The van der Waals surface area contributed by atoms with E-state index in [2.05, 4.69) is 14.9 Å². The van der Waals surface area contributed by atoms with Gasteiger partial charge in [0.2, 0.25) is 0 Å². The number of amides is 1. The summed E-state index contributed by atoms with van der Waals surface area (Å²) in [6.07, 6.45) is -2.71. The van der Waals surface area contributed by atoms with E-state index in [1.165, 1.54) is 6.92 Å². The van der Waals surface area contributed by atoms with Crippen LogP contribution in [-0.2, 0) is 0 Å². The number of hydrogen-bond donors (Lipinski definition) is 0. The first-order valence-electron chi connectivity index (χ1n) is 7.77. The molecule has 7 heteroatoms. The van der Waals surface area contributed by atoms with Crippen LogP contribution in [0.25, 0.3) is 0 Å². The lowest BCUT2D eigenvalue weighted by Crippen LogP contribution is -2.49. The Kier molecular flexibility index (Phi) is 4.69. The van der Waals surface area contributed by atoms with Crippen molar-refractivity contribution >= 4 is 11.6 Å². The molecule has 0 saturated carbocycles. The van der Waals surface area contributed by atoms with Gasteiger partial charge in [0, 0.05) is 31.9 Å². The molecule has 0 aliphatic carbocycles. The number of hydrogen-bond acceptors (Lipinski definition) is 4. The van der Waals surface area contributed by atoms with Gasteiger partial charge in [-0.1, -0.05) is 18.2 Å². The molecule has 3 rings (SSSR count). The van der Waals surface area contributed by atoms with Crippen LogP contribution in [0.3, 0.4) is 0 Å². The van der Waals surface area contributed by atoms with Crippen molar-refractivity contribution in [1.29, 1.82) is 0 Å². The topological polar surface area (TPSA) is 49.3 Å². The van der Waals surface area contributed by atoms with E-state index in [9.17, 15) is 13.6 Å². The van der Waals surface area contributed by atoms with E-state index in [-0.39, 0.29) is 17.4 Å². The number of halogens is 2. The highest BCUT2D eigenvalue weighted by Crippen LogP contribution is 2.19. The lowest BCUT2D eigenvalue weighted by atomic mass is 10.2. The third kappa shape index (κ3) is 3.50. The predicted octanol–water partition coefficient (Wildman–Crippen LogP) is 2.69. The van der Waals surface area contributed by atoms with Gasteiger partial charge in [0.15, 0.2) is 0 Å². The molecule has 0 radical (unpaired) electrons. The summed E-state index contributed by atoms with van der Waals surface area (Å²) >= 11 is 0. The average molecular weight is 332 g/mol. The molecule has 0 bridgehead atoms. The number of nitrogens with zero attached hydrogens (tertiary/aromatic N) is 4. The van der Waals surface area contributed by atoms with Crippen LogP contribution in [0.4, 0.5) is 14.5 Å². The number of benzene rings is 1. The highest BCUT2D eigenvalue weighted by atomic mass is 19.3. The van der Waals surface area contributed by atoms with Gasteiger partial charge < -0.3 is 9.80 Å². The van der Waals surface area contributed by atoms with Crippen LogP contribution in [0.5, 0.6) is 0 Å². The van der Waals surface area contributed by atoms with E-state index < -0.39 is 12.1 Å². The van der Waals surface area contributed by atoms with Crippen LogP contribution in [0, 0.1) is 6.92 Å². The quantitative estimate of drug-likeness (QED) is 0.867. The fourth-order valence-electron chi connectivity index (χ4n) is 2.78. The number of aryl methyl sites for hydroxylation is 1. The average Bonchev–Trinajstić information content (AvgIpc) is 2.61. The zero-order valence-corrected chi connectivity index (χ0v) is 13.3. The van der Waals surface area contributed by atoms with E-state index in [1.807, 2.05) is 30.3 Å². The van der Waals surface area contributed by atoms with Crippen LogP contribution in [0.2, 0.25) is 0 Å². The van der Waals surface area contributed by atoms with Crippen molar-refractivity contribution in [3.63, 3.8) is 0 Å². The van der Waals surface area contributed by atoms with Gasteiger partial charge in [-0.3, -0.25) is 4.79 Å².